The first-order chi connectivity index (χ1) is 19.9. The molecule has 0 fully saturated rings. The Labute approximate surface area is 239 Å². The van der Waals surface area contributed by atoms with Gasteiger partial charge in [-0.25, -0.2) is 4.79 Å². The van der Waals surface area contributed by atoms with Gasteiger partial charge in [0.2, 0.25) is 23.6 Å². The number of aromatic amines is 1. The van der Waals surface area contributed by atoms with Crippen LogP contribution in [0.4, 0.5) is 0 Å². The first-order valence-corrected chi connectivity index (χ1v) is 12.9. The molecule has 14 nitrogen and oxygen atoms in total. The van der Waals surface area contributed by atoms with Crippen molar-refractivity contribution >= 4 is 46.5 Å². The number of carboxylic acid groups (broad SMARTS) is 2. The summed E-state index contributed by atoms with van der Waals surface area (Å²) < 4.78 is 0. The molecule has 0 spiro atoms. The summed E-state index contributed by atoms with van der Waals surface area (Å²) in [4.78, 5) is 76.6. The Balaban J connectivity index is 1.84. The number of benzene rings is 2. The van der Waals surface area contributed by atoms with Crippen LogP contribution < -0.4 is 27.4 Å². The summed E-state index contributed by atoms with van der Waals surface area (Å²) in [5.41, 5.74) is 13.6. The molecule has 10 N–H and O–H groups in total. The SMILES string of the molecule is NC(=O)CC(NC(=O)C(Cc1c[nH]c2ccccc12)NC(=O)C(N)Cc1ccccc1)C(=O)NC(CC(=O)O)C(=O)O. The highest BCUT2D eigenvalue weighted by Crippen LogP contribution is 2.19. The van der Waals surface area contributed by atoms with E-state index in [0.29, 0.717) is 5.56 Å². The number of aromatic nitrogens is 1. The predicted octanol–water partition coefficient (Wildman–Crippen LogP) is -0.830. The molecule has 0 saturated heterocycles. The van der Waals surface area contributed by atoms with Gasteiger partial charge in [0.05, 0.1) is 18.9 Å². The molecule has 0 aliphatic carbocycles. The number of carboxylic acids is 2. The number of nitrogens with one attached hydrogen (secondary N) is 4. The van der Waals surface area contributed by atoms with Gasteiger partial charge in [-0.05, 0) is 23.6 Å². The van der Waals surface area contributed by atoms with Crippen molar-refractivity contribution in [3.8, 4) is 0 Å². The fourth-order valence-electron chi connectivity index (χ4n) is 4.30. The molecule has 0 radical (unpaired) electrons. The van der Waals surface area contributed by atoms with Gasteiger partial charge in [0, 0.05) is 23.5 Å². The molecule has 1 aromatic heterocycles. The Morgan fingerprint density at radius 2 is 1.33 bits per heavy atom. The summed E-state index contributed by atoms with van der Waals surface area (Å²) >= 11 is 0. The number of hydrogen-bond acceptors (Lipinski definition) is 7. The zero-order valence-electron chi connectivity index (χ0n) is 22.4. The second-order valence-corrected chi connectivity index (χ2v) is 9.65. The standard InChI is InChI=1S/C28H32N6O8/c29-18(10-15-6-2-1-3-7-15)25(38)32-20(11-16-14-31-19-9-5-4-8-17(16)19)26(39)33-21(12-23(30)35)27(40)34-22(28(41)42)13-24(36)37/h1-9,14,18,20-22,31H,10-13,29H2,(H2,30,35)(H,32,38)(H,33,39)(H,34,40)(H,36,37)(H,41,42). The lowest BCUT2D eigenvalue weighted by molar-refractivity contribution is -0.147. The summed E-state index contributed by atoms with van der Waals surface area (Å²) in [6, 6.07) is 10.5. The smallest absolute Gasteiger partial charge is 0.326 e. The van der Waals surface area contributed by atoms with E-state index >= 15 is 0 Å². The van der Waals surface area contributed by atoms with Crippen molar-refractivity contribution in [1.29, 1.82) is 0 Å². The second-order valence-electron chi connectivity index (χ2n) is 9.65. The van der Waals surface area contributed by atoms with Crippen molar-refractivity contribution < 1.29 is 39.0 Å². The normalized spacial score (nSPS) is 13.7. The zero-order chi connectivity index (χ0) is 30.8. The summed E-state index contributed by atoms with van der Waals surface area (Å²) in [6.45, 7) is 0. The monoisotopic (exact) mass is 580 g/mol. The van der Waals surface area contributed by atoms with E-state index in [1.165, 1.54) is 0 Å². The maximum absolute atomic E-state index is 13.5. The van der Waals surface area contributed by atoms with E-state index in [2.05, 4.69) is 15.6 Å². The summed E-state index contributed by atoms with van der Waals surface area (Å²) in [5, 5.41) is 26.0. The van der Waals surface area contributed by atoms with Crippen LogP contribution in [-0.2, 0) is 41.6 Å². The van der Waals surface area contributed by atoms with Crippen molar-refractivity contribution in [2.75, 3.05) is 0 Å². The molecule has 4 atom stereocenters. The van der Waals surface area contributed by atoms with Gasteiger partial charge in [-0.2, -0.15) is 0 Å². The van der Waals surface area contributed by atoms with Crippen LogP contribution in [-0.4, -0.2) is 74.9 Å². The van der Waals surface area contributed by atoms with E-state index in [4.69, 9.17) is 16.6 Å². The Morgan fingerprint density at radius 1 is 0.738 bits per heavy atom. The molecule has 0 aliphatic rings. The molecular weight excluding hydrogens is 548 g/mol. The minimum absolute atomic E-state index is 0.0404. The summed E-state index contributed by atoms with van der Waals surface area (Å²) in [6.07, 6.45) is 0.134. The van der Waals surface area contributed by atoms with Gasteiger partial charge in [-0.3, -0.25) is 24.0 Å². The van der Waals surface area contributed by atoms with Crippen LogP contribution in [0.15, 0.2) is 60.8 Å². The molecule has 0 saturated carbocycles. The van der Waals surface area contributed by atoms with E-state index in [9.17, 15) is 33.9 Å². The third-order valence-corrected chi connectivity index (χ3v) is 6.40. The van der Waals surface area contributed by atoms with E-state index in [0.717, 1.165) is 16.5 Å². The Hall–Kier alpha value is -5.24. The molecule has 4 unspecified atom stereocenters. The number of nitrogens with two attached hydrogens (primary N) is 2. The van der Waals surface area contributed by atoms with Crippen LogP contribution in [0.3, 0.4) is 0 Å². The van der Waals surface area contributed by atoms with Crippen LogP contribution >= 0.6 is 0 Å². The minimum Gasteiger partial charge on any atom is -0.481 e. The van der Waals surface area contributed by atoms with Crippen molar-refractivity contribution in [2.24, 2.45) is 11.5 Å². The number of para-hydroxylation sites is 1. The van der Waals surface area contributed by atoms with Gasteiger partial charge in [-0.15, -0.1) is 0 Å². The highest BCUT2D eigenvalue weighted by atomic mass is 16.4. The lowest BCUT2D eigenvalue weighted by atomic mass is 10.0. The van der Waals surface area contributed by atoms with E-state index in [-0.39, 0.29) is 12.8 Å². The van der Waals surface area contributed by atoms with Crippen molar-refractivity contribution in [2.45, 2.75) is 49.9 Å². The average Bonchev–Trinajstić information content (AvgIpc) is 3.34. The molecule has 0 bridgehead atoms. The molecule has 222 valence electrons. The Morgan fingerprint density at radius 3 is 1.98 bits per heavy atom. The fourth-order valence-corrected chi connectivity index (χ4v) is 4.30. The lowest BCUT2D eigenvalue weighted by Gasteiger charge is -2.24. The number of carbonyl (C=O) groups is 6. The minimum atomic E-state index is -1.83. The average molecular weight is 581 g/mol. The molecule has 42 heavy (non-hydrogen) atoms. The highest BCUT2D eigenvalue weighted by molar-refractivity contribution is 5.97. The van der Waals surface area contributed by atoms with Crippen LogP contribution in [0, 0.1) is 0 Å². The highest BCUT2D eigenvalue weighted by Gasteiger charge is 2.32. The molecule has 0 aliphatic heterocycles. The van der Waals surface area contributed by atoms with Crippen molar-refractivity contribution in [3.05, 3.63) is 71.9 Å². The van der Waals surface area contributed by atoms with Gasteiger partial charge < -0.3 is 42.6 Å². The van der Waals surface area contributed by atoms with Gasteiger partial charge in [0.25, 0.3) is 0 Å². The van der Waals surface area contributed by atoms with E-state index < -0.39 is 72.6 Å². The second kappa shape index (κ2) is 14.4. The number of rotatable bonds is 15. The van der Waals surface area contributed by atoms with Crippen molar-refractivity contribution in [3.63, 3.8) is 0 Å². The van der Waals surface area contributed by atoms with Crippen LogP contribution in [0.1, 0.15) is 24.0 Å². The van der Waals surface area contributed by atoms with Crippen LogP contribution in [0.5, 0.6) is 0 Å². The molecule has 14 heteroatoms. The predicted molar refractivity (Wildman–Crippen MR) is 150 cm³/mol. The number of fused-ring (bicyclic) bond motifs is 1. The van der Waals surface area contributed by atoms with Crippen LogP contribution in [0.2, 0.25) is 0 Å². The number of hydrogen-bond donors (Lipinski definition) is 8. The number of carbonyl (C=O) groups excluding carboxylic acids is 4. The van der Waals surface area contributed by atoms with Gasteiger partial charge >= 0.3 is 11.9 Å². The van der Waals surface area contributed by atoms with E-state index in [1.807, 2.05) is 29.6 Å². The first kappa shape index (κ1) is 31.3. The molecule has 1 heterocycles. The number of amides is 4. The van der Waals surface area contributed by atoms with Crippen molar-refractivity contribution in [1.82, 2.24) is 20.9 Å². The van der Waals surface area contributed by atoms with Gasteiger partial charge in [0.15, 0.2) is 0 Å². The molecular formula is C28H32N6O8. The molecule has 3 aromatic rings. The van der Waals surface area contributed by atoms with Gasteiger partial charge in [0.1, 0.15) is 18.1 Å². The quantitative estimate of drug-likeness (QED) is 0.112. The molecule has 4 amide bonds. The third kappa shape index (κ3) is 8.89. The number of primary amides is 1. The number of H-pyrrole nitrogens is 1. The van der Waals surface area contributed by atoms with Crippen LogP contribution in [0.25, 0.3) is 10.9 Å². The van der Waals surface area contributed by atoms with E-state index in [1.54, 1.807) is 36.5 Å². The topological polar surface area (TPSA) is 247 Å². The first-order valence-electron chi connectivity index (χ1n) is 12.9. The lowest BCUT2D eigenvalue weighted by Crippen LogP contribution is -2.58. The zero-order valence-corrected chi connectivity index (χ0v) is 22.4. The van der Waals surface area contributed by atoms with Gasteiger partial charge in [-0.1, -0.05) is 48.5 Å². The summed E-state index contributed by atoms with van der Waals surface area (Å²) in [5.74, 6) is -6.80. The Bertz CT molecular complexity index is 1460. The Kier molecular flexibility index (Phi) is 10.7. The molecule has 2 aromatic carbocycles. The molecule has 3 rings (SSSR count). The number of aliphatic carboxylic acids is 2. The third-order valence-electron chi connectivity index (χ3n) is 6.40. The fraction of sp³-hybridized carbons (Fsp3) is 0.286. The summed E-state index contributed by atoms with van der Waals surface area (Å²) in [7, 11) is 0. The maximum atomic E-state index is 13.5. The largest absolute Gasteiger partial charge is 0.481 e. The maximum Gasteiger partial charge on any atom is 0.326 e.